The summed E-state index contributed by atoms with van der Waals surface area (Å²) in [5, 5.41) is 8.36. The van der Waals surface area contributed by atoms with Crippen LogP contribution < -0.4 is 0 Å². The van der Waals surface area contributed by atoms with E-state index in [1.54, 1.807) is 0 Å². The van der Waals surface area contributed by atoms with Gasteiger partial charge in [-0.05, 0) is 18.1 Å². The molecule has 0 aromatic heterocycles. The standard InChI is InChI=1S/C9H18O3S/c1-7(2)4-5-13-8(6-12-3)9(10)11/h7-8H,4-6H2,1-3H3,(H,10,11). The minimum absolute atomic E-state index is 0.290. The van der Waals surface area contributed by atoms with E-state index in [9.17, 15) is 4.79 Å². The molecular formula is C9H18O3S. The molecule has 0 saturated carbocycles. The molecule has 0 saturated heterocycles. The van der Waals surface area contributed by atoms with E-state index in [0.29, 0.717) is 5.92 Å². The summed E-state index contributed by atoms with van der Waals surface area (Å²) in [5.41, 5.74) is 0. The first-order valence-electron chi connectivity index (χ1n) is 4.41. The van der Waals surface area contributed by atoms with Crippen LogP contribution in [-0.4, -0.2) is 35.8 Å². The molecule has 1 atom stereocenters. The van der Waals surface area contributed by atoms with Gasteiger partial charge < -0.3 is 9.84 Å². The summed E-state index contributed by atoms with van der Waals surface area (Å²) in [6.45, 7) is 4.55. The van der Waals surface area contributed by atoms with Crippen LogP contribution in [0.25, 0.3) is 0 Å². The molecule has 0 aromatic carbocycles. The molecule has 1 unspecified atom stereocenters. The van der Waals surface area contributed by atoms with Gasteiger partial charge in [0.05, 0.1) is 6.61 Å². The minimum atomic E-state index is -0.782. The third-order valence-electron chi connectivity index (χ3n) is 1.61. The van der Waals surface area contributed by atoms with Crippen molar-refractivity contribution >= 4 is 17.7 Å². The Morgan fingerprint density at radius 3 is 2.54 bits per heavy atom. The average molecular weight is 206 g/mol. The number of hydrogen-bond acceptors (Lipinski definition) is 3. The Balaban J connectivity index is 3.63. The zero-order valence-electron chi connectivity index (χ0n) is 8.45. The third-order valence-corrected chi connectivity index (χ3v) is 2.82. The van der Waals surface area contributed by atoms with Gasteiger partial charge >= 0.3 is 5.97 Å². The quantitative estimate of drug-likeness (QED) is 0.690. The van der Waals surface area contributed by atoms with E-state index in [2.05, 4.69) is 13.8 Å². The second kappa shape index (κ2) is 7.21. The second-order valence-electron chi connectivity index (χ2n) is 3.34. The van der Waals surface area contributed by atoms with E-state index in [0.717, 1.165) is 12.2 Å². The van der Waals surface area contributed by atoms with Crippen LogP contribution in [0.15, 0.2) is 0 Å². The fourth-order valence-electron chi connectivity index (χ4n) is 0.788. The molecule has 0 radical (unpaired) electrons. The Morgan fingerprint density at radius 2 is 2.15 bits per heavy atom. The van der Waals surface area contributed by atoms with Gasteiger partial charge in [0.15, 0.2) is 0 Å². The number of hydrogen-bond donors (Lipinski definition) is 1. The topological polar surface area (TPSA) is 46.5 Å². The van der Waals surface area contributed by atoms with Gasteiger partial charge in [0.2, 0.25) is 0 Å². The smallest absolute Gasteiger partial charge is 0.319 e. The highest BCUT2D eigenvalue weighted by Crippen LogP contribution is 2.15. The van der Waals surface area contributed by atoms with Gasteiger partial charge in [0, 0.05) is 7.11 Å². The molecule has 3 nitrogen and oxygen atoms in total. The van der Waals surface area contributed by atoms with E-state index in [-0.39, 0.29) is 6.61 Å². The summed E-state index contributed by atoms with van der Waals surface area (Å²) in [6.07, 6.45) is 1.05. The van der Waals surface area contributed by atoms with E-state index < -0.39 is 11.2 Å². The molecule has 1 N–H and O–H groups in total. The largest absolute Gasteiger partial charge is 0.480 e. The van der Waals surface area contributed by atoms with Crippen molar-refractivity contribution < 1.29 is 14.6 Å². The van der Waals surface area contributed by atoms with Crippen LogP contribution in [0.3, 0.4) is 0 Å². The summed E-state index contributed by atoms with van der Waals surface area (Å²) >= 11 is 1.46. The van der Waals surface area contributed by atoms with Crippen molar-refractivity contribution in [1.29, 1.82) is 0 Å². The summed E-state index contributed by atoms with van der Waals surface area (Å²) in [7, 11) is 1.53. The molecule has 4 heteroatoms. The maximum absolute atomic E-state index is 10.7. The van der Waals surface area contributed by atoms with Crippen molar-refractivity contribution in [3.05, 3.63) is 0 Å². The minimum Gasteiger partial charge on any atom is -0.480 e. The average Bonchev–Trinajstić information content (AvgIpc) is 2.02. The summed E-state index contributed by atoms with van der Waals surface area (Å²) in [6, 6.07) is 0. The summed E-state index contributed by atoms with van der Waals surface area (Å²) < 4.78 is 4.82. The number of ether oxygens (including phenoxy) is 1. The molecule has 0 aliphatic rings. The highest BCUT2D eigenvalue weighted by atomic mass is 32.2. The Hall–Kier alpha value is -0.220. The summed E-state index contributed by atoms with van der Waals surface area (Å²) in [5.74, 6) is 0.734. The number of rotatable bonds is 7. The second-order valence-corrected chi connectivity index (χ2v) is 4.65. The molecule has 13 heavy (non-hydrogen) atoms. The number of carbonyl (C=O) groups is 1. The molecule has 0 heterocycles. The van der Waals surface area contributed by atoms with Crippen LogP contribution in [0.1, 0.15) is 20.3 Å². The van der Waals surface area contributed by atoms with Crippen LogP contribution >= 0.6 is 11.8 Å². The van der Waals surface area contributed by atoms with Crippen LogP contribution in [0.2, 0.25) is 0 Å². The highest BCUT2D eigenvalue weighted by molar-refractivity contribution is 8.00. The lowest BCUT2D eigenvalue weighted by Crippen LogP contribution is -2.22. The predicted octanol–water partition coefficient (Wildman–Crippen LogP) is 1.87. The van der Waals surface area contributed by atoms with Crippen molar-refractivity contribution in [2.45, 2.75) is 25.5 Å². The van der Waals surface area contributed by atoms with E-state index >= 15 is 0 Å². The molecule has 0 fully saturated rings. The highest BCUT2D eigenvalue weighted by Gasteiger charge is 2.17. The number of thioether (sulfide) groups is 1. The van der Waals surface area contributed by atoms with Crippen molar-refractivity contribution in [2.24, 2.45) is 5.92 Å². The van der Waals surface area contributed by atoms with Gasteiger partial charge in [0.1, 0.15) is 5.25 Å². The first-order valence-corrected chi connectivity index (χ1v) is 5.46. The normalized spacial score (nSPS) is 13.2. The van der Waals surface area contributed by atoms with Gasteiger partial charge in [-0.1, -0.05) is 13.8 Å². The molecule has 78 valence electrons. The molecule has 0 spiro atoms. The predicted molar refractivity (Wildman–Crippen MR) is 55.2 cm³/mol. The lowest BCUT2D eigenvalue weighted by atomic mass is 10.2. The zero-order valence-corrected chi connectivity index (χ0v) is 9.26. The van der Waals surface area contributed by atoms with Crippen LogP contribution in [-0.2, 0) is 9.53 Å². The molecule has 0 aliphatic carbocycles. The van der Waals surface area contributed by atoms with Gasteiger partial charge in [-0.15, -0.1) is 11.8 Å². The van der Waals surface area contributed by atoms with Crippen LogP contribution in [0, 0.1) is 5.92 Å². The number of carboxylic acid groups (broad SMARTS) is 1. The van der Waals surface area contributed by atoms with E-state index in [1.807, 2.05) is 0 Å². The van der Waals surface area contributed by atoms with Gasteiger partial charge in [0.25, 0.3) is 0 Å². The fraction of sp³-hybridized carbons (Fsp3) is 0.889. The first-order chi connectivity index (χ1) is 6.07. The van der Waals surface area contributed by atoms with Gasteiger partial charge in [-0.25, -0.2) is 0 Å². The Bertz CT molecular complexity index is 148. The molecule has 0 amide bonds. The van der Waals surface area contributed by atoms with Crippen molar-refractivity contribution in [2.75, 3.05) is 19.5 Å². The van der Waals surface area contributed by atoms with Crippen molar-refractivity contribution in [3.63, 3.8) is 0 Å². The molecule has 0 rings (SSSR count). The monoisotopic (exact) mass is 206 g/mol. The number of aliphatic carboxylic acids is 1. The SMILES string of the molecule is COCC(SCCC(C)C)C(=O)O. The lowest BCUT2D eigenvalue weighted by molar-refractivity contribution is -0.137. The van der Waals surface area contributed by atoms with E-state index in [4.69, 9.17) is 9.84 Å². The molecule has 0 aromatic rings. The fourth-order valence-corrected chi connectivity index (χ4v) is 2.05. The van der Waals surface area contributed by atoms with Crippen molar-refractivity contribution in [1.82, 2.24) is 0 Å². The number of carboxylic acids is 1. The maximum atomic E-state index is 10.7. The van der Waals surface area contributed by atoms with Crippen LogP contribution in [0.4, 0.5) is 0 Å². The Kier molecular flexibility index (Phi) is 7.09. The Morgan fingerprint density at radius 1 is 1.54 bits per heavy atom. The maximum Gasteiger partial charge on any atom is 0.319 e. The molecular weight excluding hydrogens is 188 g/mol. The van der Waals surface area contributed by atoms with Gasteiger partial charge in [-0.2, -0.15) is 0 Å². The summed E-state index contributed by atoms with van der Waals surface area (Å²) in [4.78, 5) is 10.7. The Labute approximate surface area is 83.9 Å². The van der Waals surface area contributed by atoms with E-state index in [1.165, 1.54) is 18.9 Å². The zero-order chi connectivity index (χ0) is 10.3. The lowest BCUT2D eigenvalue weighted by Gasteiger charge is -2.11. The first kappa shape index (κ1) is 12.8. The molecule has 0 bridgehead atoms. The molecule has 0 aliphatic heterocycles. The van der Waals surface area contributed by atoms with Gasteiger partial charge in [-0.3, -0.25) is 4.79 Å². The van der Waals surface area contributed by atoms with Crippen LogP contribution in [0.5, 0.6) is 0 Å². The van der Waals surface area contributed by atoms with Crippen molar-refractivity contribution in [3.8, 4) is 0 Å². The number of methoxy groups -OCH3 is 1. The third kappa shape index (κ3) is 6.90.